The first-order valence-corrected chi connectivity index (χ1v) is 8.96. The van der Waals surface area contributed by atoms with Gasteiger partial charge in [0.15, 0.2) is 0 Å². The van der Waals surface area contributed by atoms with Crippen LogP contribution >= 0.6 is 15.9 Å². The van der Waals surface area contributed by atoms with Crippen LogP contribution in [0.4, 0.5) is 0 Å². The quantitative estimate of drug-likeness (QED) is 0.799. The molecule has 0 aliphatic carbocycles. The molecule has 0 bridgehead atoms. The number of nitrogens with zero attached hydrogens (tertiary/aromatic N) is 1. The van der Waals surface area contributed by atoms with Gasteiger partial charge < -0.3 is 0 Å². The standard InChI is InChI=1S/C16H18BrNO2S/c1-13(2)18(12-14-8-4-3-5-9-14)21(19,20)16-11-7-6-10-15(16)17/h3-11,13H,12H2,1-2H3. The van der Waals surface area contributed by atoms with Gasteiger partial charge in [-0.3, -0.25) is 0 Å². The number of benzene rings is 2. The Kier molecular flexibility index (Phi) is 5.19. The molecule has 0 aliphatic rings. The van der Waals surface area contributed by atoms with Gasteiger partial charge in [0.1, 0.15) is 0 Å². The van der Waals surface area contributed by atoms with Crippen LogP contribution in [0.1, 0.15) is 19.4 Å². The Bertz CT molecular complexity index is 699. The molecule has 3 nitrogen and oxygen atoms in total. The molecule has 2 aromatic carbocycles. The third-order valence-corrected chi connectivity index (χ3v) is 6.21. The summed E-state index contributed by atoms with van der Waals surface area (Å²) in [6.07, 6.45) is 0. The van der Waals surface area contributed by atoms with E-state index in [2.05, 4.69) is 15.9 Å². The minimum Gasteiger partial charge on any atom is -0.207 e. The van der Waals surface area contributed by atoms with Crippen LogP contribution in [-0.4, -0.2) is 18.8 Å². The summed E-state index contributed by atoms with van der Waals surface area (Å²) < 4.78 is 27.9. The number of sulfonamides is 1. The van der Waals surface area contributed by atoms with Crippen molar-refractivity contribution in [1.82, 2.24) is 4.31 Å². The van der Waals surface area contributed by atoms with Crippen LogP contribution in [0.2, 0.25) is 0 Å². The van der Waals surface area contributed by atoms with Crippen molar-refractivity contribution in [2.45, 2.75) is 31.3 Å². The van der Waals surface area contributed by atoms with Gasteiger partial charge in [-0.1, -0.05) is 42.5 Å². The third-order valence-electron chi connectivity index (χ3n) is 3.18. The summed E-state index contributed by atoms with van der Waals surface area (Å²) in [7, 11) is -3.54. The number of hydrogen-bond donors (Lipinski definition) is 0. The van der Waals surface area contributed by atoms with Gasteiger partial charge in [-0.2, -0.15) is 4.31 Å². The lowest BCUT2D eigenvalue weighted by molar-refractivity contribution is 0.348. The average Bonchev–Trinajstić information content (AvgIpc) is 2.45. The van der Waals surface area contributed by atoms with Crippen molar-refractivity contribution in [3.8, 4) is 0 Å². The maximum atomic E-state index is 12.9. The molecule has 0 atom stereocenters. The summed E-state index contributed by atoms with van der Waals surface area (Å²) in [4.78, 5) is 0.301. The molecule has 5 heteroatoms. The van der Waals surface area contributed by atoms with E-state index in [1.165, 1.54) is 4.31 Å². The van der Waals surface area contributed by atoms with Crippen molar-refractivity contribution in [2.24, 2.45) is 0 Å². The van der Waals surface area contributed by atoms with Gasteiger partial charge in [0, 0.05) is 17.1 Å². The molecular weight excluding hydrogens is 350 g/mol. The van der Waals surface area contributed by atoms with Crippen molar-refractivity contribution < 1.29 is 8.42 Å². The fourth-order valence-corrected chi connectivity index (χ4v) is 4.68. The molecule has 0 aliphatic heterocycles. The van der Waals surface area contributed by atoms with E-state index in [0.29, 0.717) is 15.9 Å². The maximum Gasteiger partial charge on any atom is 0.244 e. The molecule has 112 valence electrons. The molecule has 0 aromatic heterocycles. The minimum atomic E-state index is -3.54. The normalized spacial score (nSPS) is 12.0. The number of hydrogen-bond acceptors (Lipinski definition) is 2. The molecule has 2 aromatic rings. The Balaban J connectivity index is 2.40. The lowest BCUT2D eigenvalue weighted by Crippen LogP contribution is -2.36. The first kappa shape index (κ1) is 16.2. The molecule has 2 rings (SSSR count). The van der Waals surface area contributed by atoms with Crippen molar-refractivity contribution >= 4 is 26.0 Å². The average molecular weight is 368 g/mol. The SMILES string of the molecule is CC(C)N(Cc1ccccc1)S(=O)(=O)c1ccccc1Br. The fraction of sp³-hybridized carbons (Fsp3) is 0.250. The van der Waals surface area contributed by atoms with E-state index >= 15 is 0 Å². The van der Waals surface area contributed by atoms with Crippen molar-refractivity contribution in [1.29, 1.82) is 0 Å². The summed E-state index contributed by atoms with van der Waals surface area (Å²) in [5, 5.41) is 0. The largest absolute Gasteiger partial charge is 0.244 e. The predicted molar refractivity (Wildman–Crippen MR) is 88.4 cm³/mol. The smallest absolute Gasteiger partial charge is 0.207 e. The zero-order valence-electron chi connectivity index (χ0n) is 12.0. The first-order valence-electron chi connectivity index (χ1n) is 6.73. The van der Waals surface area contributed by atoms with Crippen LogP contribution in [0, 0.1) is 0 Å². The highest BCUT2D eigenvalue weighted by molar-refractivity contribution is 9.10. The highest BCUT2D eigenvalue weighted by Gasteiger charge is 2.28. The molecule has 0 saturated carbocycles. The molecule has 0 unspecified atom stereocenters. The van der Waals surface area contributed by atoms with Crippen LogP contribution in [0.5, 0.6) is 0 Å². The van der Waals surface area contributed by atoms with E-state index in [-0.39, 0.29) is 6.04 Å². The Hall–Kier alpha value is -1.17. The minimum absolute atomic E-state index is 0.123. The molecule has 0 N–H and O–H groups in total. The molecule has 0 spiro atoms. The van der Waals surface area contributed by atoms with Gasteiger partial charge in [0.05, 0.1) is 4.90 Å². The highest BCUT2D eigenvalue weighted by atomic mass is 79.9. The second kappa shape index (κ2) is 6.73. The lowest BCUT2D eigenvalue weighted by Gasteiger charge is -2.26. The second-order valence-electron chi connectivity index (χ2n) is 5.06. The van der Waals surface area contributed by atoms with Gasteiger partial charge >= 0.3 is 0 Å². The van der Waals surface area contributed by atoms with Crippen molar-refractivity contribution in [3.05, 3.63) is 64.6 Å². The van der Waals surface area contributed by atoms with Gasteiger partial charge in [0.25, 0.3) is 0 Å². The first-order chi connectivity index (χ1) is 9.93. The molecule has 0 heterocycles. The van der Waals surface area contributed by atoms with E-state index in [9.17, 15) is 8.42 Å². The molecule has 0 saturated heterocycles. The van der Waals surface area contributed by atoms with Crippen LogP contribution in [-0.2, 0) is 16.6 Å². The summed E-state index contributed by atoms with van der Waals surface area (Å²) in [5.74, 6) is 0. The molecule has 0 fully saturated rings. The summed E-state index contributed by atoms with van der Waals surface area (Å²) in [5.41, 5.74) is 0.974. The monoisotopic (exact) mass is 367 g/mol. The zero-order chi connectivity index (χ0) is 15.5. The Labute approximate surface area is 134 Å². The highest BCUT2D eigenvalue weighted by Crippen LogP contribution is 2.27. The molecular formula is C16H18BrNO2S. The van der Waals surface area contributed by atoms with E-state index in [0.717, 1.165) is 5.56 Å². The van der Waals surface area contributed by atoms with Gasteiger partial charge in [0.2, 0.25) is 10.0 Å². The van der Waals surface area contributed by atoms with Crippen LogP contribution in [0.15, 0.2) is 64.0 Å². The molecule has 0 amide bonds. The predicted octanol–water partition coefficient (Wildman–Crippen LogP) is 4.05. The zero-order valence-corrected chi connectivity index (χ0v) is 14.4. The van der Waals surface area contributed by atoms with Crippen LogP contribution in [0.3, 0.4) is 0 Å². The van der Waals surface area contributed by atoms with Crippen LogP contribution in [0.25, 0.3) is 0 Å². The Morgan fingerprint density at radius 3 is 2.14 bits per heavy atom. The number of rotatable bonds is 5. The van der Waals surface area contributed by atoms with Gasteiger partial charge in [-0.15, -0.1) is 0 Å². The Morgan fingerprint density at radius 1 is 1.00 bits per heavy atom. The van der Waals surface area contributed by atoms with Crippen LogP contribution < -0.4 is 0 Å². The van der Waals surface area contributed by atoms with Crippen molar-refractivity contribution in [3.63, 3.8) is 0 Å². The summed E-state index contributed by atoms with van der Waals surface area (Å²) >= 11 is 3.33. The maximum absolute atomic E-state index is 12.9. The van der Waals surface area contributed by atoms with E-state index in [1.807, 2.05) is 44.2 Å². The molecule has 21 heavy (non-hydrogen) atoms. The van der Waals surface area contributed by atoms with Gasteiger partial charge in [-0.05, 0) is 47.5 Å². The summed E-state index contributed by atoms with van der Waals surface area (Å²) in [6, 6.07) is 16.4. The fourth-order valence-electron chi connectivity index (χ4n) is 2.09. The molecule has 0 radical (unpaired) electrons. The lowest BCUT2D eigenvalue weighted by atomic mass is 10.2. The summed E-state index contributed by atoms with van der Waals surface area (Å²) in [6.45, 7) is 4.14. The third kappa shape index (κ3) is 3.73. The van der Waals surface area contributed by atoms with E-state index in [4.69, 9.17) is 0 Å². The van der Waals surface area contributed by atoms with Gasteiger partial charge in [-0.25, -0.2) is 8.42 Å². The topological polar surface area (TPSA) is 37.4 Å². The Morgan fingerprint density at radius 2 is 1.57 bits per heavy atom. The van der Waals surface area contributed by atoms with E-state index in [1.54, 1.807) is 24.3 Å². The van der Waals surface area contributed by atoms with E-state index < -0.39 is 10.0 Å². The second-order valence-corrected chi connectivity index (χ2v) is 7.77. The van der Waals surface area contributed by atoms with Crippen molar-refractivity contribution in [2.75, 3.05) is 0 Å². The number of halogens is 1.